The average molecular weight is 550 g/mol. The number of nitrogens with zero attached hydrogens (tertiary/aromatic N) is 3. The zero-order chi connectivity index (χ0) is 25.9. The van der Waals surface area contributed by atoms with Gasteiger partial charge in [-0.1, -0.05) is 89.3 Å². The number of aliphatic hydroxyl groups excluding tert-OH is 1. The molecular weight excluding hydrogens is 530 g/mol. The van der Waals surface area contributed by atoms with E-state index in [1.165, 1.54) is 35.1 Å². The number of halogens is 1. The molecule has 10 heteroatoms. The summed E-state index contributed by atoms with van der Waals surface area (Å²) in [5.41, 5.74) is 2.08. The lowest BCUT2D eigenvalue weighted by Crippen LogP contribution is -2.29. The van der Waals surface area contributed by atoms with Gasteiger partial charge in [-0.15, -0.1) is 10.2 Å². The van der Waals surface area contributed by atoms with Crippen LogP contribution in [0.1, 0.15) is 22.7 Å². The molecule has 1 N–H and O–H groups in total. The maximum atomic E-state index is 13.3. The summed E-state index contributed by atoms with van der Waals surface area (Å²) in [6, 6.07) is 22.3. The number of ketones is 1. The third-order valence-electron chi connectivity index (χ3n) is 5.78. The van der Waals surface area contributed by atoms with Gasteiger partial charge in [-0.05, 0) is 35.4 Å². The number of amides is 1. The number of aliphatic hydroxyl groups is 1. The van der Waals surface area contributed by atoms with E-state index in [9.17, 15) is 14.7 Å². The van der Waals surface area contributed by atoms with Gasteiger partial charge in [0.2, 0.25) is 5.13 Å². The Morgan fingerprint density at radius 3 is 2.54 bits per heavy atom. The number of anilines is 1. The molecule has 1 aliphatic rings. The second kappa shape index (κ2) is 10.8. The van der Waals surface area contributed by atoms with Crippen LogP contribution in [0.4, 0.5) is 5.13 Å². The van der Waals surface area contributed by atoms with Crippen molar-refractivity contribution in [2.45, 2.75) is 16.1 Å². The van der Waals surface area contributed by atoms with E-state index in [0.717, 1.165) is 5.56 Å². The summed E-state index contributed by atoms with van der Waals surface area (Å²) in [4.78, 5) is 27.9. The lowest BCUT2D eigenvalue weighted by molar-refractivity contribution is -0.132. The number of hydrogen-bond donors (Lipinski definition) is 1. The van der Waals surface area contributed by atoms with Crippen LogP contribution in [0.5, 0.6) is 5.75 Å². The molecule has 3 aromatic carbocycles. The Balaban J connectivity index is 1.54. The van der Waals surface area contributed by atoms with E-state index in [2.05, 4.69) is 10.2 Å². The number of hydrogen-bond acceptors (Lipinski definition) is 8. The lowest BCUT2D eigenvalue weighted by atomic mass is 9.95. The molecule has 0 aliphatic carbocycles. The van der Waals surface area contributed by atoms with Crippen molar-refractivity contribution in [1.82, 2.24) is 10.2 Å². The van der Waals surface area contributed by atoms with Gasteiger partial charge in [0.05, 0.1) is 18.7 Å². The van der Waals surface area contributed by atoms with E-state index in [0.29, 0.717) is 32.0 Å². The highest BCUT2D eigenvalue weighted by atomic mass is 35.5. The minimum absolute atomic E-state index is 0.0185. The molecule has 4 aromatic rings. The molecule has 1 fully saturated rings. The number of benzene rings is 3. The molecule has 0 radical (unpaired) electrons. The molecule has 0 saturated carbocycles. The van der Waals surface area contributed by atoms with Crippen LogP contribution in [0.3, 0.4) is 0 Å². The number of aromatic nitrogens is 2. The van der Waals surface area contributed by atoms with E-state index < -0.39 is 17.7 Å². The van der Waals surface area contributed by atoms with Crippen molar-refractivity contribution in [3.05, 3.63) is 106 Å². The largest absolute Gasteiger partial charge is 0.507 e. The molecule has 1 unspecified atom stereocenters. The predicted molar refractivity (Wildman–Crippen MR) is 145 cm³/mol. The topological polar surface area (TPSA) is 92.6 Å². The van der Waals surface area contributed by atoms with E-state index in [4.69, 9.17) is 16.3 Å². The third kappa shape index (κ3) is 5.11. The molecule has 37 heavy (non-hydrogen) atoms. The molecule has 0 spiro atoms. The van der Waals surface area contributed by atoms with Gasteiger partial charge in [0, 0.05) is 16.3 Å². The molecule has 186 valence electrons. The quantitative estimate of drug-likeness (QED) is 0.0976. The first kappa shape index (κ1) is 25.0. The number of methoxy groups -OCH3 is 1. The Morgan fingerprint density at radius 1 is 1.05 bits per heavy atom. The Morgan fingerprint density at radius 2 is 1.81 bits per heavy atom. The molecule has 0 bridgehead atoms. The molecule has 2 heterocycles. The molecule has 1 saturated heterocycles. The Labute approximate surface area is 226 Å². The monoisotopic (exact) mass is 549 g/mol. The van der Waals surface area contributed by atoms with Crippen molar-refractivity contribution in [3.8, 4) is 5.75 Å². The van der Waals surface area contributed by atoms with Crippen LogP contribution in [0.25, 0.3) is 5.76 Å². The summed E-state index contributed by atoms with van der Waals surface area (Å²) in [6.07, 6.45) is 0. The van der Waals surface area contributed by atoms with Crippen LogP contribution in [-0.2, 0) is 15.3 Å². The standard InChI is InChI=1S/C27H20ClN3O4S2/c1-35-20-9-5-8-18(14-20)22-21(23(32)17-6-3-2-4-7-17)24(33)25(34)31(22)26-29-30-27(37-26)36-15-16-10-12-19(28)13-11-16/h2-14,22,32H,15H2,1H3/b23-21-. The van der Waals surface area contributed by atoms with E-state index in [1.54, 1.807) is 54.6 Å². The maximum absolute atomic E-state index is 13.3. The Bertz CT molecular complexity index is 1490. The van der Waals surface area contributed by atoms with Crippen molar-refractivity contribution in [3.63, 3.8) is 0 Å². The van der Waals surface area contributed by atoms with Crippen LogP contribution in [0.2, 0.25) is 5.02 Å². The molecular formula is C27H20ClN3O4S2. The van der Waals surface area contributed by atoms with Gasteiger partial charge < -0.3 is 9.84 Å². The van der Waals surface area contributed by atoms with Crippen LogP contribution < -0.4 is 9.64 Å². The van der Waals surface area contributed by atoms with Gasteiger partial charge in [-0.25, -0.2) is 0 Å². The van der Waals surface area contributed by atoms with Gasteiger partial charge in [0.15, 0.2) is 4.34 Å². The summed E-state index contributed by atoms with van der Waals surface area (Å²) >= 11 is 8.64. The lowest BCUT2D eigenvalue weighted by Gasteiger charge is -2.22. The van der Waals surface area contributed by atoms with E-state index >= 15 is 0 Å². The van der Waals surface area contributed by atoms with E-state index in [-0.39, 0.29) is 16.5 Å². The zero-order valence-electron chi connectivity index (χ0n) is 19.5. The van der Waals surface area contributed by atoms with Gasteiger partial charge in [-0.2, -0.15) is 0 Å². The van der Waals surface area contributed by atoms with Crippen LogP contribution in [0, 0.1) is 0 Å². The first-order chi connectivity index (χ1) is 18.0. The Kier molecular flexibility index (Phi) is 7.27. The van der Waals surface area contributed by atoms with Crippen molar-refractivity contribution in [1.29, 1.82) is 0 Å². The Hall–Kier alpha value is -3.66. The van der Waals surface area contributed by atoms with Crippen molar-refractivity contribution >= 4 is 57.3 Å². The predicted octanol–water partition coefficient (Wildman–Crippen LogP) is 6.12. The van der Waals surface area contributed by atoms with Crippen LogP contribution in [0.15, 0.2) is 88.8 Å². The highest BCUT2D eigenvalue weighted by Gasteiger charge is 2.48. The SMILES string of the molecule is COc1cccc(C2/C(=C(/O)c3ccccc3)C(=O)C(=O)N2c2nnc(SCc3ccc(Cl)cc3)s2)c1. The first-order valence-corrected chi connectivity index (χ1v) is 13.4. The van der Waals surface area contributed by atoms with Gasteiger partial charge in [0.25, 0.3) is 5.78 Å². The summed E-state index contributed by atoms with van der Waals surface area (Å²) < 4.78 is 6.01. The van der Waals surface area contributed by atoms with Crippen molar-refractivity contribution in [2.75, 3.05) is 12.0 Å². The minimum atomic E-state index is -0.905. The van der Waals surface area contributed by atoms with Crippen molar-refractivity contribution < 1.29 is 19.4 Å². The third-order valence-corrected chi connectivity index (χ3v) is 8.16. The first-order valence-electron chi connectivity index (χ1n) is 11.2. The number of carbonyl (C=O) groups excluding carboxylic acids is 2. The van der Waals surface area contributed by atoms with Gasteiger partial charge in [0.1, 0.15) is 11.5 Å². The number of thioether (sulfide) groups is 1. The molecule has 1 amide bonds. The summed E-state index contributed by atoms with van der Waals surface area (Å²) in [5, 5.41) is 20.6. The summed E-state index contributed by atoms with van der Waals surface area (Å²) in [5.74, 6) is -0.636. The molecule has 1 aromatic heterocycles. The average Bonchev–Trinajstić information content (AvgIpc) is 3.50. The number of Topliss-reactive ketones (excluding diaryl/α,β-unsaturated/α-hetero) is 1. The molecule has 1 aliphatic heterocycles. The normalized spacial score (nSPS) is 16.8. The maximum Gasteiger partial charge on any atom is 0.301 e. The molecule has 1 atom stereocenters. The highest BCUT2D eigenvalue weighted by Crippen LogP contribution is 2.44. The zero-order valence-corrected chi connectivity index (χ0v) is 21.9. The second-order valence-corrected chi connectivity index (χ2v) is 10.7. The molecule has 5 rings (SSSR count). The smallest absolute Gasteiger partial charge is 0.301 e. The highest BCUT2D eigenvalue weighted by molar-refractivity contribution is 8.00. The fourth-order valence-corrected chi connectivity index (χ4v) is 5.94. The van der Waals surface area contributed by atoms with Gasteiger partial charge in [-0.3, -0.25) is 14.5 Å². The summed E-state index contributed by atoms with van der Waals surface area (Å²) in [6.45, 7) is 0. The fourth-order valence-electron chi connectivity index (χ4n) is 3.99. The van der Waals surface area contributed by atoms with Gasteiger partial charge >= 0.3 is 5.91 Å². The van der Waals surface area contributed by atoms with Crippen LogP contribution in [-0.4, -0.2) is 34.1 Å². The second-order valence-electron chi connectivity index (χ2n) is 8.08. The fraction of sp³-hybridized carbons (Fsp3) is 0.111. The summed E-state index contributed by atoms with van der Waals surface area (Å²) in [7, 11) is 1.54. The van der Waals surface area contributed by atoms with Crippen LogP contribution >= 0.6 is 34.7 Å². The number of ether oxygens (including phenoxy) is 1. The minimum Gasteiger partial charge on any atom is -0.507 e. The number of rotatable bonds is 7. The van der Waals surface area contributed by atoms with Crippen molar-refractivity contribution in [2.24, 2.45) is 0 Å². The number of carbonyl (C=O) groups is 2. The molecule has 7 nitrogen and oxygen atoms in total. The van der Waals surface area contributed by atoms with E-state index in [1.807, 2.05) is 24.3 Å².